The molecular formula is C64H96N10O22S2. The molecule has 1 aromatic carbocycles. The second-order valence-corrected chi connectivity index (χ2v) is 27.8. The van der Waals surface area contributed by atoms with Gasteiger partial charge in [-0.3, -0.25) is 61.7 Å². The maximum atomic E-state index is 15.5. The first kappa shape index (κ1) is 79.8. The molecule has 12 atom stereocenters. The number of ether oxygens (including phenoxy) is 5. The largest absolute Gasteiger partial charge is 0.496 e. The van der Waals surface area contributed by atoms with Gasteiger partial charge in [0.1, 0.15) is 28.9 Å². The number of aliphatic hydroxyl groups is 3. The van der Waals surface area contributed by atoms with Crippen LogP contribution in [0, 0.1) is 29.6 Å². The first-order chi connectivity index (χ1) is 46.7. The van der Waals surface area contributed by atoms with Crippen LogP contribution in [0.5, 0.6) is 5.75 Å². The third-order valence-corrected chi connectivity index (χ3v) is 20.8. The van der Waals surface area contributed by atoms with E-state index >= 15 is 9.00 Å². The summed E-state index contributed by atoms with van der Waals surface area (Å²) in [7, 11) is -0.973. The summed E-state index contributed by atoms with van der Waals surface area (Å²) in [4.78, 5) is 170. The summed E-state index contributed by atoms with van der Waals surface area (Å²) in [5.74, 6) is -15.0. The number of primary amides is 1. The number of likely N-dealkylation sites (tertiary alicyclic amines) is 1. The highest BCUT2D eigenvalue weighted by molar-refractivity contribution is 7.99. The van der Waals surface area contributed by atoms with Gasteiger partial charge in [0.05, 0.1) is 139 Å². The van der Waals surface area contributed by atoms with E-state index in [-0.39, 0.29) is 79.2 Å². The van der Waals surface area contributed by atoms with Gasteiger partial charge in [-0.2, -0.15) is 11.8 Å². The Hall–Kier alpha value is -7.18. The van der Waals surface area contributed by atoms with E-state index in [1.807, 2.05) is 0 Å². The van der Waals surface area contributed by atoms with Gasteiger partial charge in [-0.15, -0.1) is 0 Å². The van der Waals surface area contributed by atoms with Gasteiger partial charge in [-0.25, -0.2) is 0 Å². The lowest BCUT2D eigenvalue weighted by molar-refractivity contribution is -0.144. The zero-order valence-electron chi connectivity index (χ0n) is 56.1. The average Bonchev–Trinajstić information content (AvgIpc) is 1.61. The molecule has 34 heteroatoms. The Kier molecular flexibility index (Phi) is 32.2. The van der Waals surface area contributed by atoms with E-state index in [1.165, 1.54) is 21.0 Å². The zero-order chi connectivity index (χ0) is 71.8. The number of aromatic amines is 1. The molecule has 13 N–H and O–H groups in total. The van der Waals surface area contributed by atoms with Gasteiger partial charge in [0.15, 0.2) is 11.6 Å². The number of hydrogen-bond donors (Lipinski definition) is 12. The molecule has 2 unspecified atom stereocenters. The number of aliphatic carboxylic acids is 1. The second-order valence-electron chi connectivity index (χ2n) is 25.1. The van der Waals surface area contributed by atoms with Gasteiger partial charge in [-0.05, 0) is 42.9 Å². The summed E-state index contributed by atoms with van der Waals surface area (Å²) in [5, 5.41) is 56.6. The number of aromatic nitrogens is 1. The van der Waals surface area contributed by atoms with E-state index in [1.54, 1.807) is 42.6 Å². The van der Waals surface area contributed by atoms with Crippen molar-refractivity contribution in [3.8, 4) is 5.75 Å². The monoisotopic (exact) mass is 1420 g/mol. The molecule has 2 saturated heterocycles. The van der Waals surface area contributed by atoms with E-state index < -0.39 is 200 Å². The molecule has 9 amide bonds. The van der Waals surface area contributed by atoms with E-state index in [0.29, 0.717) is 81.0 Å². The van der Waals surface area contributed by atoms with Crippen LogP contribution in [0.25, 0.3) is 10.9 Å². The van der Waals surface area contributed by atoms with E-state index in [2.05, 4.69) is 36.9 Å². The lowest BCUT2D eigenvalue weighted by Crippen LogP contribution is -2.60. The number of rotatable bonds is 29. The molecule has 4 aliphatic rings. The number of carboxylic acids is 1. The molecule has 5 heterocycles. The summed E-state index contributed by atoms with van der Waals surface area (Å²) in [6, 6.07) is -3.68. The highest BCUT2D eigenvalue weighted by atomic mass is 32.2. The normalized spacial score (nSPS) is 24.2. The molecule has 546 valence electrons. The zero-order valence-corrected chi connectivity index (χ0v) is 57.7. The van der Waals surface area contributed by atoms with Crippen molar-refractivity contribution in [2.24, 2.45) is 35.3 Å². The molecule has 0 spiro atoms. The Bertz CT molecular complexity index is 3170. The minimum atomic E-state index is -2.43. The van der Waals surface area contributed by atoms with Crippen LogP contribution < -0.4 is 42.4 Å². The topological polar surface area (TPSA) is 469 Å². The number of benzene rings is 1. The minimum Gasteiger partial charge on any atom is -0.496 e. The number of H-pyrrole nitrogens is 1. The molecule has 2 bridgehead atoms. The fourth-order valence-corrected chi connectivity index (χ4v) is 14.6. The van der Waals surface area contributed by atoms with Crippen molar-refractivity contribution in [3.63, 3.8) is 0 Å². The summed E-state index contributed by atoms with van der Waals surface area (Å²) in [6.07, 6.45) is -4.16. The summed E-state index contributed by atoms with van der Waals surface area (Å²) >= 11 is 1.57. The molecule has 6 rings (SSSR count). The molecule has 1 aromatic heterocycles. The Morgan fingerprint density at radius 3 is 2.11 bits per heavy atom. The first-order valence-electron chi connectivity index (χ1n) is 33.1. The smallest absolute Gasteiger partial charge is 0.306 e. The van der Waals surface area contributed by atoms with Crippen LogP contribution in [0.4, 0.5) is 0 Å². The lowest BCUT2D eigenvalue weighted by Gasteiger charge is -2.32. The predicted octanol–water partition coefficient (Wildman–Crippen LogP) is -2.53. The van der Waals surface area contributed by atoms with Gasteiger partial charge in [-0.1, -0.05) is 34.1 Å². The second kappa shape index (κ2) is 39.6. The Morgan fingerprint density at radius 1 is 0.827 bits per heavy atom. The summed E-state index contributed by atoms with van der Waals surface area (Å²) in [6.45, 7) is 6.86. The first-order valence-corrected chi connectivity index (χ1v) is 35.5. The maximum Gasteiger partial charge on any atom is 0.306 e. The van der Waals surface area contributed by atoms with Gasteiger partial charge in [0.2, 0.25) is 53.2 Å². The number of methoxy groups -OCH3 is 1. The molecule has 98 heavy (non-hydrogen) atoms. The van der Waals surface area contributed by atoms with Crippen molar-refractivity contribution in [1.82, 2.24) is 46.7 Å². The van der Waals surface area contributed by atoms with Crippen molar-refractivity contribution in [2.75, 3.05) is 112 Å². The van der Waals surface area contributed by atoms with E-state index in [4.69, 9.17) is 34.5 Å². The van der Waals surface area contributed by atoms with Crippen LogP contribution in [0.1, 0.15) is 96.6 Å². The molecule has 0 saturated carbocycles. The Morgan fingerprint density at radius 2 is 1.48 bits per heavy atom. The molecule has 2 aromatic rings. The average molecular weight is 1420 g/mol. The highest BCUT2D eigenvalue weighted by Gasteiger charge is 2.45. The number of carbonyl (C=O) groups is 12. The maximum absolute atomic E-state index is 15.5. The van der Waals surface area contributed by atoms with Crippen molar-refractivity contribution in [1.29, 1.82) is 0 Å². The van der Waals surface area contributed by atoms with Crippen LogP contribution >= 0.6 is 11.8 Å². The fraction of sp³-hybridized carbons (Fsp3) is 0.688. The SMILES string of the molecule is CC[C@H](C)[C@@H]1CC(=O)CNC(=O)[C@H]2CC(=O)[C@H]([C@@H](C)[C@@H](O)CO)NC(=O)[C@@H]3C[C@@H](O)CN3C(=O)[C@H](CC(N)=O)NC(=O)[C@H](CS(=O)c3[nH]c4c(CSC5CCN(C(=O)CCOCCOCCOCCOCCNC(=O)CC(C)C(=O)O)CC5)c(OC)ccc4c3C2)NC(=O)CNC1=O. The molecule has 4 aliphatic heterocycles. The summed E-state index contributed by atoms with van der Waals surface area (Å²) < 4.78 is 43.5. The van der Waals surface area contributed by atoms with Gasteiger partial charge in [0, 0.05) is 91.6 Å². The quantitative estimate of drug-likeness (QED) is 0.0374. The Labute approximate surface area is 574 Å². The van der Waals surface area contributed by atoms with Crippen molar-refractivity contribution < 1.29 is 106 Å². The number of amides is 9. The molecule has 32 nitrogen and oxygen atoms in total. The van der Waals surface area contributed by atoms with Gasteiger partial charge < -0.3 is 96.5 Å². The third kappa shape index (κ3) is 23.5. The summed E-state index contributed by atoms with van der Waals surface area (Å²) in [5.41, 5.74) is 6.75. The van der Waals surface area contributed by atoms with Crippen LogP contribution in [0.15, 0.2) is 17.2 Å². The van der Waals surface area contributed by atoms with E-state index in [0.717, 1.165) is 4.90 Å². The number of carboxylic acid groups (broad SMARTS) is 1. The fourth-order valence-electron chi connectivity index (χ4n) is 12.0. The van der Waals surface area contributed by atoms with Gasteiger partial charge in [0.25, 0.3) is 0 Å². The number of ketones is 2. The van der Waals surface area contributed by atoms with Crippen LogP contribution in [0.3, 0.4) is 0 Å². The van der Waals surface area contributed by atoms with Crippen molar-refractivity contribution in [3.05, 3.63) is 23.3 Å². The number of thioether (sulfide) groups is 1. The number of piperidine rings is 1. The van der Waals surface area contributed by atoms with E-state index in [9.17, 15) is 68.1 Å². The standard InChI is InChI=1S/C64H96N10O22S2/c1-6-35(2)43-26-39(76)29-67-58(84)38-24-44-42-7-8-51(92-5)45(33-97-41-9-13-73(14-10-41)55(83)11-15-93-17-19-95-21-22-96-20-18-94-16-12-66-53(81)23-36(3)64(89)90)57(42)72-62(44)98(91)34-47(69-54(82)30-68-59(43)85)60(86)70-46(28-52(65)80)63(88)74-31-40(77)27-48(74)61(87)71-56(49(78)25-38)37(4)50(79)32-75/h7-8,35-38,40-41,43,46-48,50,56,72,75,77,79H,6,9-34H2,1-5H3,(H2,65,80)(H,66,81)(H,67,84)(H,68,85)(H,69,82)(H,70,86)(H,71,87)(H,89,90)/t35-,36?,37-,38+,40+,43-,46-,47-,48-,50-,56-,98?/m0/s1. The number of carbonyl (C=O) groups excluding carboxylic acids is 11. The number of nitrogens with one attached hydrogen (secondary N) is 7. The van der Waals surface area contributed by atoms with Crippen molar-refractivity contribution in [2.45, 2.75) is 144 Å². The van der Waals surface area contributed by atoms with Crippen LogP contribution in [-0.4, -0.2) is 263 Å². The number of nitrogens with two attached hydrogens (primary N) is 1. The van der Waals surface area contributed by atoms with Crippen molar-refractivity contribution >= 4 is 104 Å². The number of aliphatic hydroxyl groups excluding tert-OH is 3. The van der Waals surface area contributed by atoms with Gasteiger partial charge >= 0.3 is 5.97 Å². The molecular weight excluding hydrogens is 1320 g/mol. The number of hydrogen-bond acceptors (Lipinski definition) is 22. The highest BCUT2D eigenvalue weighted by Crippen LogP contribution is 2.39. The third-order valence-electron chi connectivity index (χ3n) is 18.0. The number of Topliss-reactive ketones (excluding diaryl/α,β-unsaturated/α-hetero) is 2. The van der Waals surface area contributed by atoms with Crippen LogP contribution in [-0.2, 0) is 99.5 Å². The predicted molar refractivity (Wildman–Crippen MR) is 353 cm³/mol. The number of nitrogens with zero attached hydrogens (tertiary/aromatic N) is 2. The lowest BCUT2D eigenvalue weighted by atomic mass is 9.85. The molecule has 0 radical (unpaired) electrons. The number of fused-ring (bicyclic) bond motifs is 5. The van der Waals surface area contributed by atoms with Crippen LogP contribution in [0.2, 0.25) is 0 Å². The molecule has 2 fully saturated rings. The Balaban J connectivity index is 1.23. The minimum absolute atomic E-state index is 0.0299. The molecule has 0 aliphatic carbocycles.